The molecule has 5 nitrogen and oxygen atoms in total. The summed E-state index contributed by atoms with van der Waals surface area (Å²) in [5.74, 6) is -0.00725. The third kappa shape index (κ3) is 2.52. The molecule has 1 aromatic carbocycles. The summed E-state index contributed by atoms with van der Waals surface area (Å²) >= 11 is 0. The van der Waals surface area contributed by atoms with Crippen molar-refractivity contribution in [1.82, 2.24) is 4.90 Å². The van der Waals surface area contributed by atoms with Crippen LogP contribution in [0.1, 0.15) is 10.4 Å². The topological polar surface area (TPSA) is 63.7 Å². The molecule has 0 unspecified atom stereocenters. The molecule has 0 N–H and O–H groups in total. The molecule has 0 radical (unpaired) electrons. The predicted octanol–water partition coefficient (Wildman–Crippen LogP) is 0.367. The number of carbonyl (C=O) groups excluding carboxylic acids is 1. The Morgan fingerprint density at radius 3 is 2.38 bits per heavy atom. The molecule has 0 aliphatic carbocycles. The lowest BCUT2D eigenvalue weighted by Crippen LogP contribution is -2.21. The molecular formula is C10H13NO4S. The molecule has 1 rings (SSSR count). The quantitative estimate of drug-likeness (QED) is 0.779. The Morgan fingerprint density at radius 2 is 1.94 bits per heavy atom. The highest BCUT2D eigenvalue weighted by molar-refractivity contribution is 7.72. The van der Waals surface area contributed by atoms with Crippen LogP contribution in [0.25, 0.3) is 0 Å². The molecule has 0 aliphatic heterocycles. The normalized spacial score (nSPS) is 10.2. The standard InChI is InChI=1S/C10H13NO4S/c1-11(2)10(12)7-4-5-8(15-3)9(6-7)16(13)14/h4-6,16H,1-3H3. The number of hydrogen-bond acceptors (Lipinski definition) is 4. The average molecular weight is 243 g/mol. The van der Waals surface area contributed by atoms with Crippen molar-refractivity contribution < 1.29 is 17.9 Å². The van der Waals surface area contributed by atoms with Gasteiger partial charge in [-0.2, -0.15) is 0 Å². The van der Waals surface area contributed by atoms with E-state index < -0.39 is 10.7 Å². The summed E-state index contributed by atoms with van der Waals surface area (Å²) in [6.07, 6.45) is 0. The molecule has 0 saturated heterocycles. The van der Waals surface area contributed by atoms with Gasteiger partial charge in [-0.25, -0.2) is 8.42 Å². The van der Waals surface area contributed by atoms with Gasteiger partial charge in [0.2, 0.25) is 0 Å². The van der Waals surface area contributed by atoms with Gasteiger partial charge >= 0.3 is 0 Å². The number of amides is 1. The van der Waals surface area contributed by atoms with Gasteiger partial charge in [-0.3, -0.25) is 4.79 Å². The second-order valence-electron chi connectivity index (χ2n) is 3.34. The molecule has 88 valence electrons. The SMILES string of the molecule is COc1ccc(C(=O)N(C)C)cc1[SH](=O)=O. The maximum absolute atomic E-state index is 11.6. The van der Waals surface area contributed by atoms with Crippen LogP contribution >= 0.6 is 0 Å². The molecular weight excluding hydrogens is 230 g/mol. The van der Waals surface area contributed by atoms with Crippen LogP contribution in [0, 0.1) is 0 Å². The van der Waals surface area contributed by atoms with E-state index in [1.807, 2.05) is 0 Å². The first-order chi connectivity index (χ1) is 7.47. The Morgan fingerprint density at radius 1 is 1.31 bits per heavy atom. The maximum Gasteiger partial charge on any atom is 0.253 e. The molecule has 0 bridgehead atoms. The number of carbonyl (C=O) groups is 1. The molecule has 0 atom stereocenters. The minimum atomic E-state index is -2.78. The fourth-order valence-corrected chi connectivity index (χ4v) is 1.81. The zero-order chi connectivity index (χ0) is 12.3. The zero-order valence-electron chi connectivity index (χ0n) is 9.26. The number of nitrogens with zero attached hydrogens (tertiary/aromatic N) is 1. The highest BCUT2D eigenvalue weighted by Gasteiger charge is 2.12. The molecule has 6 heteroatoms. The van der Waals surface area contributed by atoms with E-state index in [1.54, 1.807) is 14.1 Å². The molecule has 16 heavy (non-hydrogen) atoms. The van der Waals surface area contributed by atoms with E-state index in [-0.39, 0.29) is 16.6 Å². The van der Waals surface area contributed by atoms with Gasteiger partial charge in [0.15, 0.2) is 10.7 Å². The molecule has 0 heterocycles. The van der Waals surface area contributed by atoms with Crippen molar-refractivity contribution in [1.29, 1.82) is 0 Å². The van der Waals surface area contributed by atoms with Crippen LogP contribution in [0.5, 0.6) is 5.75 Å². The molecule has 0 aromatic heterocycles. The number of hydrogen-bond donors (Lipinski definition) is 1. The van der Waals surface area contributed by atoms with Crippen molar-refractivity contribution in [2.45, 2.75) is 4.90 Å². The summed E-state index contributed by atoms with van der Waals surface area (Å²) in [6, 6.07) is 4.31. The van der Waals surface area contributed by atoms with Crippen molar-refractivity contribution >= 4 is 16.6 Å². The fourth-order valence-electron chi connectivity index (χ4n) is 1.22. The molecule has 0 aliphatic rings. The van der Waals surface area contributed by atoms with Gasteiger partial charge in [0.1, 0.15) is 10.6 Å². The van der Waals surface area contributed by atoms with E-state index >= 15 is 0 Å². The molecule has 0 saturated carbocycles. The third-order valence-corrected chi connectivity index (χ3v) is 2.77. The Hall–Kier alpha value is -1.56. The highest BCUT2D eigenvalue weighted by Crippen LogP contribution is 2.21. The van der Waals surface area contributed by atoms with E-state index in [0.29, 0.717) is 5.56 Å². The fraction of sp³-hybridized carbons (Fsp3) is 0.300. The Bertz CT molecular complexity index is 472. The van der Waals surface area contributed by atoms with Crippen LogP contribution in [0.3, 0.4) is 0 Å². The maximum atomic E-state index is 11.6. The number of benzene rings is 1. The number of methoxy groups -OCH3 is 1. The summed E-state index contributed by atoms with van der Waals surface area (Å²) in [7, 11) is 1.80. The van der Waals surface area contributed by atoms with Crippen molar-refractivity contribution in [3.63, 3.8) is 0 Å². The van der Waals surface area contributed by atoms with Gasteiger partial charge in [-0.05, 0) is 18.2 Å². The van der Waals surface area contributed by atoms with Gasteiger partial charge in [0.25, 0.3) is 5.91 Å². The summed E-state index contributed by atoms with van der Waals surface area (Å²) < 4.78 is 26.8. The van der Waals surface area contributed by atoms with Gasteiger partial charge in [-0.1, -0.05) is 0 Å². The van der Waals surface area contributed by atoms with E-state index in [1.165, 1.54) is 30.2 Å². The van der Waals surface area contributed by atoms with Crippen LogP contribution < -0.4 is 4.74 Å². The smallest absolute Gasteiger partial charge is 0.253 e. The number of rotatable bonds is 3. The first-order valence-electron chi connectivity index (χ1n) is 4.51. The lowest BCUT2D eigenvalue weighted by Gasteiger charge is -2.11. The monoisotopic (exact) mass is 243 g/mol. The Balaban J connectivity index is 3.27. The largest absolute Gasteiger partial charge is 0.495 e. The van der Waals surface area contributed by atoms with Crippen LogP contribution in [0.2, 0.25) is 0 Å². The summed E-state index contributed by atoms with van der Waals surface area (Å²) in [5, 5.41) is 0. The van der Waals surface area contributed by atoms with E-state index in [4.69, 9.17) is 4.74 Å². The summed E-state index contributed by atoms with van der Waals surface area (Å²) in [4.78, 5) is 13.0. The second-order valence-corrected chi connectivity index (χ2v) is 4.34. The van der Waals surface area contributed by atoms with Gasteiger partial charge in [0, 0.05) is 19.7 Å². The zero-order valence-corrected chi connectivity index (χ0v) is 10.2. The van der Waals surface area contributed by atoms with E-state index in [2.05, 4.69) is 0 Å². The molecule has 0 fully saturated rings. The van der Waals surface area contributed by atoms with Gasteiger partial charge < -0.3 is 9.64 Å². The second kappa shape index (κ2) is 4.98. The van der Waals surface area contributed by atoms with E-state index in [9.17, 15) is 13.2 Å². The van der Waals surface area contributed by atoms with Crippen LogP contribution in [-0.2, 0) is 10.7 Å². The lowest BCUT2D eigenvalue weighted by molar-refractivity contribution is 0.0827. The summed E-state index contributed by atoms with van der Waals surface area (Å²) in [5.41, 5.74) is 0.319. The predicted molar refractivity (Wildman–Crippen MR) is 59.6 cm³/mol. The molecule has 1 aromatic rings. The van der Waals surface area contributed by atoms with Crippen molar-refractivity contribution in [3.05, 3.63) is 23.8 Å². The van der Waals surface area contributed by atoms with Crippen LogP contribution in [-0.4, -0.2) is 40.4 Å². The third-order valence-electron chi connectivity index (χ3n) is 2.03. The van der Waals surface area contributed by atoms with Crippen molar-refractivity contribution in [3.8, 4) is 5.75 Å². The number of ether oxygens (including phenoxy) is 1. The van der Waals surface area contributed by atoms with Crippen LogP contribution in [0.4, 0.5) is 0 Å². The van der Waals surface area contributed by atoms with Crippen molar-refractivity contribution in [2.75, 3.05) is 21.2 Å². The first kappa shape index (κ1) is 12.5. The minimum Gasteiger partial charge on any atom is -0.495 e. The summed E-state index contributed by atoms with van der Waals surface area (Å²) in [6.45, 7) is 0. The van der Waals surface area contributed by atoms with Crippen molar-refractivity contribution in [2.24, 2.45) is 0 Å². The van der Waals surface area contributed by atoms with Gasteiger partial charge in [0.05, 0.1) is 7.11 Å². The molecule has 0 spiro atoms. The highest BCUT2D eigenvalue weighted by atomic mass is 32.2. The lowest BCUT2D eigenvalue weighted by atomic mass is 10.2. The molecule has 1 amide bonds. The average Bonchev–Trinajstić information content (AvgIpc) is 2.26. The van der Waals surface area contributed by atoms with Crippen LogP contribution in [0.15, 0.2) is 23.1 Å². The van der Waals surface area contributed by atoms with Gasteiger partial charge in [-0.15, -0.1) is 0 Å². The first-order valence-corrected chi connectivity index (χ1v) is 5.69. The van der Waals surface area contributed by atoms with E-state index in [0.717, 1.165) is 0 Å². The Labute approximate surface area is 95.6 Å². The minimum absolute atomic E-state index is 0.0187. The Kier molecular flexibility index (Phi) is 3.89. The number of thiol groups is 1.